The van der Waals surface area contributed by atoms with Crippen molar-refractivity contribution in [1.82, 2.24) is 9.59 Å². The molecule has 1 N–H and O–H groups in total. The molecule has 1 aromatic heterocycles. The molecule has 0 radical (unpaired) electrons. The van der Waals surface area contributed by atoms with Crippen LogP contribution in [0.3, 0.4) is 0 Å². The lowest BCUT2D eigenvalue weighted by Gasteiger charge is -2.07. The van der Waals surface area contributed by atoms with Gasteiger partial charge in [0.25, 0.3) is 5.91 Å². The summed E-state index contributed by atoms with van der Waals surface area (Å²) in [6.07, 6.45) is 0. The lowest BCUT2D eigenvalue weighted by atomic mass is 10.2. The van der Waals surface area contributed by atoms with E-state index in [1.54, 1.807) is 13.0 Å². The van der Waals surface area contributed by atoms with Crippen molar-refractivity contribution in [2.24, 2.45) is 0 Å². The van der Waals surface area contributed by atoms with E-state index in [1.807, 2.05) is 19.1 Å². The molecular formula is C11H10ClN3OS. The molecule has 0 aliphatic carbocycles. The summed E-state index contributed by atoms with van der Waals surface area (Å²) in [6, 6.07) is 5.49. The Labute approximate surface area is 108 Å². The number of hydrogen-bond acceptors (Lipinski definition) is 4. The number of halogens is 1. The third-order valence-corrected chi connectivity index (χ3v) is 3.63. The molecule has 0 bridgehead atoms. The molecular weight excluding hydrogens is 258 g/mol. The number of benzene rings is 1. The van der Waals surface area contributed by atoms with E-state index in [2.05, 4.69) is 14.9 Å². The average molecular weight is 268 g/mol. The number of nitrogens with zero attached hydrogens (tertiary/aromatic N) is 2. The van der Waals surface area contributed by atoms with Crippen molar-refractivity contribution in [2.45, 2.75) is 13.8 Å². The Balaban J connectivity index is 2.25. The monoisotopic (exact) mass is 267 g/mol. The number of aromatic nitrogens is 2. The predicted molar refractivity (Wildman–Crippen MR) is 68.8 cm³/mol. The third kappa shape index (κ3) is 2.45. The van der Waals surface area contributed by atoms with Crippen LogP contribution in [-0.2, 0) is 0 Å². The van der Waals surface area contributed by atoms with E-state index in [0.717, 1.165) is 17.1 Å². The van der Waals surface area contributed by atoms with Crippen molar-refractivity contribution in [2.75, 3.05) is 5.32 Å². The van der Waals surface area contributed by atoms with Gasteiger partial charge in [-0.15, -0.1) is 5.10 Å². The Morgan fingerprint density at radius 3 is 2.82 bits per heavy atom. The van der Waals surface area contributed by atoms with Crippen LogP contribution in [0.2, 0.25) is 5.02 Å². The summed E-state index contributed by atoms with van der Waals surface area (Å²) < 4.78 is 3.72. The summed E-state index contributed by atoms with van der Waals surface area (Å²) in [5.74, 6) is -0.231. The van der Waals surface area contributed by atoms with Crippen LogP contribution in [0.4, 0.5) is 5.69 Å². The lowest BCUT2D eigenvalue weighted by molar-refractivity contribution is 0.103. The topological polar surface area (TPSA) is 54.9 Å². The summed E-state index contributed by atoms with van der Waals surface area (Å²) >= 11 is 7.17. The SMILES string of the molecule is Cc1cccc(NC(=O)c2snnc2C)c1Cl. The van der Waals surface area contributed by atoms with Crippen molar-refractivity contribution in [3.05, 3.63) is 39.4 Å². The predicted octanol–water partition coefficient (Wildman–Crippen LogP) is 3.06. The Morgan fingerprint density at radius 1 is 1.41 bits per heavy atom. The van der Waals surface area contributed by atoms with Crippen LogP contribution in [0.25, 0.3) is 0 Å². The minimum atomic E-state index is -0.231. The summed E-state index contributed by atoms with van der Waals surface area (Å²) in [4.78, 5) is 12.4. The van der Waals surface area contributed by atoms with E-state index in [9.17, 15) is 4.79 Å². The van der Waals surface area contributed by atoms with Gasteiger partial charge in [0.1, 0.15) is 4.88 Å². The molecule has 0 saturated heterocycles. The first-order valence-electron chi connectivity index (χ1n) is 4.95. The Morgan fingerprint density at radius 2 is 2.18 bits per heavy atom. The van der Waals surface area contributed by atoms with E-state index >= 15 is 0 Å². The number of rotatable bonds is 2. The van der Waals surface area contributed by atoms with Crippen LogP contribution in [0.5, 0.6) is 0 Å². The molecule has 2 rings (SSSR count). The second kappa shape index (κ2) is 4.81. The first kappa shape index (κ1) is 12.0. The number of carbonyl (C=O) groups excluding carboxylic acids is 1. The first-order chi connectivity index (χ1) is 8.09. The van der Waals surface area contributed by atoms with E-state index in [-0.39, 0.29) is 5.91 Å². The van der Waals surface area contributed by atoms with Gasteiger partial charge < -0.3 is 5.32 Å². The van der Waals surface area contributed by atoms with Gasteiger partial charge in [-0.25, -0.2) is 0 Å². The highest BCUT2D eigenvalue weighted by Gasteiger charge is 2.14. The van der Waals surface area contributed by atoms with Gasteiger partial charge in [0.15, 0.2) is 0 Å². The van der Waals surface area contributed by atoms with Crippen molar-refractivity contribution in [3.8, 4) is 0 Å². The highest BCUT2D eigenvalue weighted by molar-refractivity contribution is 7.08. The number of carbonyl (C=O) groups is 1. The molecule has 0 atom stereocenters. The average Bonchev–Trinajstić information content (AvgIpc) is 2.71. The second-order valence-electron chi connectivity index (χ2n) is 3.58. The number of aryl methyl sites for hydroxylation is 2. The van der Waals surface area contributed by atoms with Gasteiger partial charge in [-0.3, -0.25) is 4.79 Å². The van der Waals surface area contributed by atoms with Crippen molar-refractivity contribution >= 4 is 34.7 Å². The molecule has 0 spiro atoms. The molecule has 0 saturated carbocycles. The fourth-order valence-corrected chi connectivity index (χ4v) is 2.09. The number of nitrogens with one attached hydrogen (secondary N) is 1. The number of hydrogen-bond donors (Lipinski definition) is 1. The molecule has 1 heterocycles. The first-order valence-corrected chi connectivity index (χ1v) is 6.10. The van der Waals surface area contributed by atoms with Crippen LogP contribution in [0, 0.1) is 13.8 Å². The third-order valence-electron chi connectivity index (χ3n) is 2.30. The summed E-state index contributed by atoms with van der Waals surface area (Å²) in [5, 5.41) is 7.10. The second-order valence-corrected chi connectivity index (χ2v) is 4.71. The van der Waals surface area contributed by atoms with Gasteiger partial charge in [-0.05, 0) is 37.0 Å². The minimum absolute atomic E-state index is 0.231. The summed E-state index contributed by atoms with van der Waals surface area (Å²) in [7, 11) is 0. The van der Waals surface area contributed by atoms with E-state index in [1.165, 1.54) is 0 Å². The van der Waals surface area contributed by atoms with Crippen LogP contribution in [0.1, 0.15) is 20.9 Å². The zero-order chi connectivity index (χ0) is 12.4. The molecule has 1 aromatic carbocycles. The molecule has 4 nitrogen and oxygen atoms in total. The van der Waals surface area contributed by atoms with Crippen LogP contribution in [-0.4, -0.2) is 15.5 Å². The van der Waals surface area contributed by atoms with Crippen molar-refractivity contribution in [1.29, 1.82) is 0 Å². The van der Waals surface area contributed by atoms with Gasteiger partial charge in [-0.2, -0.15) is 0 Å². The zero-order valence-corrected chi connectivity index (χ0v) is 10.9. The standard InChI is InChI=1S/C11H10ClN3OS/c1-6-4-3-5-8(9(6)12)13-11(16)10-7(2)14-15-17-10/h3-5H,1-2H3,(H,13,16). The molecule has 0 aliphatic rings. The maximum atomic E-state index is 11.9. The summed E-state index contributed by atoms with van der Waals surface area (Å²) in [5.41, 5.74) is 2.14. The fourth-order valence-electron chi connectivity index (χ4n) is 1.36. The normalized spacial score (nSPS) is 10.3. The maximum Gasteiger partial charge on any atom is 0.269 e. The van der Waals surface area contributed by atoms with Gasteiger partial charge in [0, 0.05) is 0 Å². The van der Waals surface area contributed by atoms with E-state index in [4.69, 9.17) is 11.6 Å². The molecule has 2 aromatic rings. The van der Waals surface area contributed by atoms with E-state index in [0.29, 0.717) is 21.3 Å². The van der Waals surface area contributed by atoms with Gasteiger partial charge >= 0.3 is 0 Å². The molecule has 0 fully saturated rings. The van der Waals surface area contributed by atoms with Crippen LogP contribution >= 0.6 is 23.1 Å². The Hall–Kier alpha value is -1.46. The number of amides is 1. The Bertz CT molecular complexity index is 568. The molecule has 0 unspecified atom stereocenters. The fraction of sp³-hybridized carbons (Fsp3) is 0.182. The molecule has 6 heteroatoms. The molecule has 0 aliphatic heterocycles. The van der Waals surface area contributed by atoms with Crippen molar-refractivity contribution < 1.29 is 4.79 Å². The summed E-state index contributed by atoms with van der Waals surface area (Å²) in [6.45, 7) is 3.63. The van der Waals surface area contributed by atoms with E-state index < -0.39 is 0 Å². The van der Waals surface area contributed by atoms with Crippen LogP contribution in [0.15, 0.2) is 18.2 Å². The lowest BCUT2D eigenvalue weighted by Crippen LogP contribution is -2.12. The van der Waals surface area contributed by atoms with Gasteiger partial charge in [0.2, 0.25) is 0 Å². The zero-order valence-electron chi connectivity index (χ0n) is 9.32. The highest BCUT2D eigenvalue weighted by atomic mass is 35.5. The molecule has 17 heavy (non-hydrogen) atoms. The largest absolute Gasteiger partial charge is 0.320 e. The quantitative estimate of drug-likeness (QED) is 0.910. The molecule has 1 amide bonds. The molecule has 88 valence electrons. The van der Waals surface area contributed by atoms with Crippen LogP contribution < -0.4 is 5.32 Å². The van der Waals surface area contributed by atoms with Gasteiger partial charge in [-0.1, -0.05) is 28.2 Å². The number of anilines is 1. The minimum Gasteiger partial charge on any atom is -0.320 e. The van der Waals surface area contributed by atoms with Crippen molar-refractivity contribution in [3.63, 3.8) is 0 Å². The maximum absolute atomic E-state index is 11.9. The van der Waals surface area contributed by atoms with Gasteiger partial charge in [0.05, 0.1) is 16.4 Å². The highest BCUT2D eigenvalue weighted by Crippen LogP contribution is 2.26. The smallest absolute Gasteiger partial charge is 0.269 e. The Kier molecular flexibility index (Phi) is 3.40.